The Kier molecular flexibility index (Phi) is 6.67. The van der Waals surface area contributed by atoms with E-state index in [-0.39, 0.29) is 31.0 Å². The van der Waals surface area contributed by atoms with Crippen LogP contribution in [0.15, 0.2) is 29.6 Å². The standard InChI is InChI=1S/C18H23F2N7O3/c1-22-25(4-2-21)10-14-11-26(18(29)30-14)13-8-15(19)17(16(20)9-13)27-7-6-24(12-28)5-3-23-27/h2,4,8-9,12,14,23H,1,3,5-7,10-11,21H2/b4-2-/t14-/m0/s1. The highest BCUT2D eigenvalue weighted by atomic mass is 19.1. The third kappa shape index (κ3) is 4.59. The van der Waals surface area contributed by atoms with E-state index in [0.717, 1.165) is 17.0 Å². The van der Waals surface area contributed by atoms with Crippen LogP contribution in [0.1, 0.15) is 0 Å². The number of hydrazone groups is 1. The smallest absolute Gasteiger partial charge is 0.414 e. The van der Waals surface area contributed by atoms with E-state index >= 15 is 0 Å². The Balaban J connectivity index is 1.75. The predicted octanol–water partition coefficient (Wildman–Crippen LogP) is 0.421. The van der Waals surface area contributed by atoms with Crippen molar-refractivity contribution in [2.24, 2.45) is 10.8 Å². The first-order chi connectivity index (χ1) is 14.5. The van der Waals surface area contributed by atoms with Gasteiger partial charge in [0, 0.05) is 50.9 Å². The zero-order valence-corrected chi connectivity index (χ0v) is 16.2. The van der Waals surface area contributed by atoms with Crippen LogP contribution < -0.4 is 21.1 Å². The first kappa shape index (κ1) is 21.3. The molecule has 0 unspecified atom stereocenters. The molecule has 3 N–H and O–H groups in total. The fraction of sp³-hybridized carbons (Fsp3) is 0.389. The van der Waals surface area contributed by atoms with Crippen LogP contribution in [0.3, 0.4) is 0 Å². The number of cyclic esters (lactones) is 1. The summed E-state index contributed by atoms with van der Waals surface area (Å²) in [7, 11) is 0. The number of carbonyl (C=O) groups is 2. The van der Waals surface area contributed by atoms with Gasteiger partial charge < -0.3 is 20.4 Å². The summed E-state index contributed by atoms with van der Waals surface area (Å²) in [6, 6.07) is 2.16. The van der Waals surface area contributed by atoms with E-state index in [4.69, 9.17) is 10.5 Å². The molecule has 10 nitrogen and oxygen atoms in total. The summed E-state index contributed by atoms with van der Waals surface area (Å²) in [6.45, 7) is 4.97. The van der Waals surface area contributed by atoms with Crippen molar-refractivity contribution in [1.29, 1.82) is 0 Å². The zero-order valence-electron chi connectivity index (χ0n) is 16.2. The normalized spacial score (nSPS) is 19.7. The van der Waals surface area contributed by atoms with Crippen LogP contribution in [0, 0.1) is 11.6 Å². The lowest BCUT2D eigenvalue weighted by molar-refractivity contribution is -0.117. The van der Waals surface area contributed by atoms with Gasteiger partial charge in [0.15, 0.2) is 11.6 Å². The van der Waals surface area contributed by atoms with Crippen molar-refractivity contribution in [1.82, 2.24) is 15.3 Å². The van der Waals surface area contributed by atoms with Crippen LogP contribution >= 0.6 is 0 Å². The first-order valence-corrected chi connectivity index (χ1v) is 9.26. The summed E-state index contributed by atoms with van der Waals surface area (Å²) in [5.41, 5.74) is 7.98. The zero-order chi connectivity index (χ0) is 21.7. The summed E-state index contributed by atoms with van der Waals surface area (Å²) < 4.78 is 34.9. The highest BCUT2D eigenvalue weighted by molar-refractivity contribution is 5.90. The monoisotopic (exact) mass is 423 g/mol. The number of hydrogen-bond donors (Lipinski definition) is 2. The molecule has 2 saturated heterocycles. The Bertz CT molecular complexity index is 815. The fourth-order valence-corrected chi connectivity index (χ4v) is 3.31. The number of nitrogens with zero attached hydrogens (tertiary/aromatic N) is 5. The van der Waals surface area contributed by atoms with Gasteiger partial charge in [-0.3, -0.25) is 14.7 Å². The molecule has 0 radical (unpaired) electrons. The van der Waals surface area contributed by atoms with Crippen LogP contribution in [0.25, 0.3) is 0 Å². The van der Waals surface area contributed by atoms with Crippen molar-refractivity contribution >= 4 is 30.6 Å². The summed E-state index contributed by atoms with van der Waals surface area (Å²) in [6.07, 6.45) is 2.10. The fourth-order valence-electron chi connectivity index (χ4n) is 3.31. The van der Waals surface area contributed by atoms with Gasteiger partial charge in [-0.1, -0.05) is 0 Å². The second-order valence-electron chi connectivity index (χ2n) is 6.68. The average Bonchev–Trinajstić information content (AvgIpc) is 2.93. The maximum Gasteiger partial charge on any atom is 0.414 e. The lowest BCUT2D eigenvalue weighted by atomic mass is 10.2. The Morgan fingerprint density at radius 3 is 2.70 bits per heavy atom. The Morgan fingerprint density at radius 1 is 1.33 bits per heavy atom. The SMILES string of the molecule is C=NN(/C=C\N)C[C@H]1CN(c2cc(F)c(N3CCN(C=O)CCN3)c(F)c2)C(=O)O1. The molecule has 0 saturated carbocycles. The van der Waals surface area contributed by atoms with Crippen LogP contribution in [-0.4, -0.2) is 74.5 Å². The van der Waals surface area contributed by atoms with Crippen LogP contribution in [0.2, 0.25) is 0 Å². The van der Waals surface area contributed by atoms with E-state index in [2.05, 4.69) is 17.2 Å². The Labute approximate surface area is 172 Å². The van der Waals surface area contributed by atoms with Gasteiger partial charge in [0.25, 0.3) is 0 Å². The number of hydrogen-bond acceptors (Lipinski definition) is 8. The van der Waals surface area contributed by atoms with Gasteiger partial charge in [0.05, 0.1) is 25.3 Å². The molecule has 0 bridgehead atoms. The van der Waals surface area contributed by atoms with Gasteiger partial charge >= 0.3 is 6.09 Å². The third-order valence-corrected chi connectivity index (χ3v) is 4.75. The molecular weight excluding hydrogens is 400 g/mol. The van der Waals surface area contributed by atoms with Crippen molar-refractivity contribution in [2.45, 2.75) is 6.10 Å². The molecule has 12 heteroatoms. The van der Waals surface area contributed by atoms with Crippen LogP contribution in [-0.2, 0) is 9.53 Å². The molecule has 2 heterocycles. The molecule has 0 aliphatic carbocycles. The topological polar surface area (TPSA) is 107 Å². The van der Waals surface area contributed by atoms with E-state index in [1.165, 1.54) is 27.3 Å². The number of hydrazine groups is 1. The number of anilines is 2. The van der Waals surface area contributed by atoms with Gasteiger partial charge in [-0.05, 0) is 0 Å². The largest absolute Gasteiger partial charge is 0.442 e. The Hall–Kier alpha value is -3.41. The molecule has 1 aromatic rings. The number of nitrogens with one attached hydrogen (secondary N) is 1. The maximum absolute atomic E-state index is 14.8. The van der Waals surface area contributed by atoms with E-state index < -0.39 is 23.8 Å². The lowest BCUT2D eigenvalue weighted by Gasteiger charge is -2.25. The lowest BCUT2D eigenvalue weighted by Crippen LogP contribution is -2.40. The molecule has 3 rings (SSSR count). The highest BCUT2D eigenvalue weighted by Gasteiger charge is 2.34. The van der Waals surface area contributed by atoms with Crippen molar-refractivity contribution in [3.05, 3.63) is 36.2 Å². The molecule has 162 valence electrons. The molecule has 30 heavy (non-hydrogen) atoms. The molecule has 0 aromatic heterocycles. The third-order valence-electron chi connectivity index (χ3n) is 4.75. The van der Waals surface area contributed by atoms with Crippen molar-refractivity contribution in [3.8, 4) is 0 Å². The Morgan fingerprint density at radius 2 is 2.07 bits per heavy atom. The van der Waals surface area contributed by atoms with Gasteiger partial charge in [0.1, 0.15) is 11.8 Å². The van der Waals surface area contributed by atoms with Gasteiger partial charge in [-0.15, -0.1) is 0 Å². The number of nitrogens with two attached hydrogens (primary N) is 1. The average molecular weight is 423 g/mol. The second-order valence-corrected chi connectivity index (χ2v) is 6.68. The molecule has 1 aromatic carbocycles. The number of amides is 2. The number of carbonyl (C=O) groups excluding carboxylic acids is 2. The minimum atomic E-state index is -0.839. The number of halogens is 2. The molecule has 2 aliphatic rings. The van der Waals surface area contributed by atoms with Crippen LogP contribution in [0.5, 0.6) is 0 Å². The van der Waals surface area contributed by atoms with Crippen molar-refractivity contribution < 1.29 is 23.1 Å². The number of rotatable bonds is 7. The van der Waals surface area contributed by atoms with E-state index in [1.807, 2.05) is 0 Å². The minimum absolute atomic E-state index is 0.0399. The summed E-state index contributed by atoms with van der Waals surface area (Å²) >= 11 is 0. The molecule has 2 fully saturated rings. The van der Waals surface area contributed by atoms with Crippen LogP contribution in [0.4, 0.5) is 25.0 Å². The summed E-state index contributed by atoms with van der Waals surface area (Å²) in [5.74, 6) is -1.68. The molecule has 0 spiro atoms. The van der Waals surface area contributed by atoms with E-state index in [0.29, 0.717) is 26.0 Å². The molecular formula is C18H23F2N7O3. The van der Waals surface area contributed by atoms with Gasteiger partial charge in [-0.2, -0.15) is 5.10 Å². The van der Waals surface area contributed by atoms with E-state index in [1.54, 1.807) is 0 Å². The molecule has 2 amide bonds. The molecule has 2 aliphatic heterocycles. The highest BCUT2D eigenvalue weighted by Crippen LogP contribution is 2.30. The molecule has 1 atom stereocenters. The van der Waals surface area contributed by atoms with Gasteiger partial charge in [-0.25, -0.2) is 19.0 Å². The summed E-state index contributed by atoms with van der Waals surface area (Å²) in [5, 5.41) is 6.44. The number of benzene rings is 1. The predicted molar refractivity (Wildman–Crippen MR) is 107 cm³/mol. The maximum atomic E-state index is 14.8. The number of ether oxygens (including phenoxy) is 1. The van der Waals surface area contributed by atoms with Gasteiger partial charge in [0.2, 0.25) is 6.41 Å². The summed E-state index contributed by atoms with van der Waals surface area (Å²) in [4.78, 5) is 25.8. The minimum Gasteiger partial charge on any atom is -0.442 e. The van der Waals surface area contributed by atoms with Crippen molar-refractivity contribution in [2.75, 3.05) is 49.2 Å². The van der Waals surface area contributed by atoms with E-state index in [9.17, 15) is 18.4 Å². The first-order valence-electron chi connectivity index (χ1n) is 9.26. The van der Waals surface area contributed by atoms with Crippen molar-refractivity contribution in [3.63, 3.8) is 0 Å². The quantitative estimate of drug-likeness (QED) is 0.372. The second kappa shape index (κ2) is 9.39.